The van der Waals surface area contributed by atoms with Crippen molar-refractivity contribution >= 4 is 5.69 Å². The molecule has 0 aromatic heterocycles. The quantitative estimate of drug-likeness (QED) is 0.858. The van der Waals surface area contributed by atoms with E-state index in [1.807, 2.05) is 0 Å². The molecule has 94 valence electrons. The van der Waals surface area contributed by atoms with Crippen molar-refractivity contribution in [2.24, 2.45) is 5.73 Å². The Morgan fingerprint density at radius 2 is 1.94 bits per heavy atom. The third-order valence-corrected chi connectivity index (χ3v) is 3.55. The van der Waals surface area contributed by atoms with Gasteiger partial charge in [0.25, 0.3) is 0 Å². The molecule has 0 spiro atoms. The molecule has 0 bridgehead atoms. The number of benzene rings is 1. The molecule has 3 heteroatoms. The monoisotopic (exact) mass is 233 g/mol. The van der Waals surface area contributed by atoms with E-state index in [0.29, 0.717) is 6.04 Å². The maximum absolute atomic E-state index is 5.72. The van der Waals surface area contributed by atoms with Crippen LogP contribution in [0.2, 0.25) is 0 Å². The number of anilines is 1. The van der Waals surface area contributed by atoms with Crippen LogP contribution in [0.5, 0.6) is 0 Å². The van der Waals surface area contributed by atoms with E-state index in [4.69, 9.17) is 5.73 Å². The fourth-order valence-electron chi connectivity index (χ4n) is 2.53. The SMILES string of the molecule is Cc1ccc(N2CCN(C)CC2CCN)cc1. The smallest absolute Gasteiger partial charge is 0.0429 e. The molecule has 1 unspecified atom stereocenters. The van der Waals surface area contributed by atoms with Crippen molar-refractivity contribution < 1.29 is 0 Å². The average Bonchev–Trinajstić information content (AvgIpc) is 2.31. The Kier molecular flexibility index (Phi) is 4.02. The Balaban J connectivity index is 2.14. The number of nitrogens with two attached hydrogens (primary N) is 1. The summed E-state index contributed by atoms with van der Waals surface area (Å²) in [5.41, 5.74) is 8.38. The number of piperazine rings is 1. The number of aryl methyl sites for hydroxylation is 1. The van der Waals surface area contributed by atoms with Crippen LogP contribution >= 0.6 is 0 Å². The highest BCUT2D eigenvalue weighted by molar-refractivity contribution is 5.49. The lowest BCUT2D eigenvalue weighted by atomic mass is 10.1. The van der Waals surface area contributed by atoms with Crippen molar-refractivity contribution in [1.82, 2.24) is 4.90 Å². The van der Waals surface area contributed by atoms with Gasteiger partial charge in [-0.1, -0.05) is 17.7 Å². The maximum atomic E-state index is 5.72. The molecule has 1 aliphatic rings. The summed E-state index contributed by atoms with van der Waals surface area (Å²) >= 11 is 0. The molecular formula is C14H23N3. The molecule has 2 N–H and O–H groups in total. The largest absolute Gasteiger partial charge is 0.366 e. The molecule has 1 atom stereocenters. The molecule has 2 rings (SSSR count). The molecule has 1 fully saturated rings. The van der Waals surface area contributed by atoms with Crippen molar-refractivity contribution in [3.63, 3.8) is 0 Å². The summed E-state index contributed by atoms with van der Waals surface area (Å²) < 4.78 is 0. The number of nitrogens with zero attached hydrogens (tertiary/aromatic N) is 2. The van der Waals surface area contributed by atoms with Crippen LogP contribution in [0.3, 0.4) is 0 Å². The minimum atomic E-state index is 0.557. The first kappa shape index (κ1) is 12.4. The van der Waals surface area contributed by atoms with Crippen LogP contribution in [-0.2, 0) is 0 Å². The number of hydrogen-bond donors (Lipinski definition) is 1. The first-order valence-corrected chi connectivity index (χ1v) is 6.42. The standard InChI is InChI=1S/C14H23N3/c1-12-3-5-13(6-4-12)17-10-9-16(2)11-14(17)7-8-15/h3-6,14H,7-11,15H2,1-2H3. The number of rotatable bonds is 3. The second-order valence-corrected chi connectivity index (χ2v) is 5.02. The number of hydrogen-bond acceptors (Lipinski definition) is 3. The number of likely N-dealkylation sites (N-methyl/N-ethyl adjacent to an activating group) is 1. The topological polar surface area (TPSA) is 32.5 Å². The minimum Gasteiger partial charge on any atom is -0.366 e. The van der Waals surface area contributed by atoms with Crippen molar-refractivity contribution in [3.05, 3.63) is 29.8 Å². The van der Waals surface area contributed by atoms with E-state index in [2.05, 4.69) is 48.0 Å². The third kappa shape index (κ3) is 2.99. The summed E-state index contributed by atoms with van der Waals surface area (Å²) in [6.45, 7) is 6.25. The highest BCUT2D eigenvalue weighted by Gasteiger charge is 2.24. The zero-order chi connectivity index (χ0) is 12.3. The summed E-state index contributed by atoms with van der Waals surface area (Å²) in [6.07, 6.45) is 1.07. The summed E-state index contributed by atoms with van der Waals surface area (Å²) in [7, 11) is 2.19. The molecule has 0 aliphatic carbocycles. The van der Waals surface area contributed by atoms with Gasteiger partial charge in [0, 0.05) is 31.4 Å². The Hall–Kier alpha value is -1.06. The molecular weight excluding hydrogens is 210 g/mol. The van der Waals surface area contributed by atoms with Gasteiger partial charge in [-0.2, -0.15) is 0 Å². The summed E-state index contributed by atoms with van der Waals surface area (Å²) in [4.78, 5) is 4.90. The lowest BCUT2D eigenvalue weighted by Gasteiger charge is -2.41. The van der Waals surface area contributed by atoms with Crippen LogP contribution < -0.4 is 10.6 Å². The van der Waals surface area contributed by atoms with Crippen LogP contribution in [0.4, 0.5) is 5.69 Å². The van der Waals surface area contributed by atoms with Crippen molar-refractivity contribution in [2.45, 2.75) is 19.4 Å². The molecule has 1 aromatic rings. The normalized spacial score (nSPS) is 21.8. The first-order valence-electron chi connectivity index (χ1n) is 6.42. The average molecular weight is 233 g/mol. The fourth-order valence-corrected chi connectivity index (χ4v) is 2.53. The van der Waals surface area contributed by atoms with Crippen LogP contribution in [0.15, 0.2) is 24.3 Å². The second-order valence-electron chi connectivity index (χ2n) is 5.02. The molecule has 1 saturated heterocycles. The Morgan fingerprint density at radius 3 is 2.59 bits per heavy atom. The maximum Gasteiger partial charge on any atom is 0.0429 e. The zero-order valence-electron chi connectivity index (χ0n) is 10.9. The van der Waals surface area contributed by atoms with Gasteiger partial charge in [-0.25, -0.2) is 0 Å². The zero-order valence-corrected chi connectivity index (χ0v) is 10.9. The van der Waals surface area contributed by atoms with Crippen LogP contribution in [0, 0.1) is 6.92 Å². The minimum absolute atomic E-state index is 0.557. The van der Waals surface area contributed by atoms with Gasteiger partial charge in [0.05, 0.1) is 0 Å². The van der Waals surface area contributed by atoms with E-state index in [1.54, 1.807) is 0 Å². The molecule has 0 amide bonds. The highest BCUT2D eigenvalue weighted by atomic mass is 15.3. The van der Waals surface area contributed by atoms with Crippen molar-refractivity contribution in [2.75, 3.05) is 38.1 Å². The first-order chi connectivity index (χ1) is 8.20. The summed E-state index contributed by atoms with van der Waals surface area (Å²) in [5.74, 6) is 0. The van der Waals surface area contributed by atoms with Gasteiger partial charge < -0.3 is 15.5 Å². The van der Waals surface area contributed by atoms with E-state index in [0.717, 1.165) is 32.6 Å². The van der Waals surface area contributed by atoms with Gasteiger partial charge in [-0.15, -0.1) is 0 Å². The predicted octanol–water partition coefficient (Wildman–Crippen LogP) is 1.46. The van der Waals surface area contributed by atoms with E-state index < -0.39 is 0 Å². The van der Waals surface area contributed by atoms with E-state index in [1.165, 1.54) is 11.3 Å². The lowest BCUT2D eigenvalue weighted by molar-refractivity contribution is 0.262. The van der Waals surface area contributed by atoms with Crippen LogP contribution in [-0.4, -0.2) is 44.2 Å². The van der Waals surface area contributed by atoms with E-state index in [9.17, 15) is 0 Å². The van der Waals surface area contributed by atoms with Crippen molar-refractivity contribution in [1.29, 1.82) is 0 Å². The van der Waals surface area contributed by atoms with Crippen LogP contribution in [0.25, 0.3) is 0 Å². The lowest BCUT2D eigenvalue weighted by Crippen LogP contribution is -2.52. The summed E-state index contributed by atoms with van der Waals surface area (Å²) in [5, 5.41) is 0. The Labute approximate surface area is 104 Å². The van der Waals surface area contributed by atoms with E-state index >= 15 is 0 Å². The second kappa shape index (κ2) is 5.52. The predicted molar refractivity (Wildman–Crippen MR) is 73.5 cm³/mol. The fraction of sp³-hybridized carbons (Fsp3) is 0.571. The van der Waals surface area contributed by atoms with Gasteiger partial charge >= 0.3 is 0 Å². The third-order valence-electron chi connectivity index (χ3n) is 3.55. The molecule has 1 aliphatic heterocycles. The molecule has 1 aromatic carbocycles. The van der Waals surface area contributed by atoms with E-state index in [-0.39, 0.29) is 0 Å². The van der Waals surface area contributed by atoms with Gasteiger partial charge in [-0.05, 0) is 39.1 Å². The molecule has 1 heterocycles. The van der Waals surface area contributed by atoms with Gasteiger partial charge in [0.1, 0.15) is 0 Å². The molecule has 3 nitrogen and oxygen atoms in total. The van der Waals surface area contributed by atoms with Crippen LogP contribution in [0.1, 0.15) is 12.0 Å². The van der Waals surface area contributed by atoms with Gasteiger partial charge in [-0.3, -0.25) is 0 Å². The van der Waals surface area contributed by atoms with Gasteiger partial charge in [0.15, 0.2) is 0 Å². The van der Waals surface area contributed by atoms with Crippen molar-refractivity contribution in [3.8, 4) is 0 Å². The molecule has 17 heavy (non-hydrogen) atoms. The Morgan fingerprint density at radius 1 is 1.24 bits per heavy atom. The highest BCUT2D eigenvalue weighted by Crippen LogP contribution is 2.22. The Bertz CT molecular complexity index is 347. The van der Waals surface area contributed by atoms with Gasteiger partial charge in [0.2, 0.25) is 0 Å². The molecule has 0 saturated carbocycles. The summed E-state index contributed by atoms with van der Waals surface area (Å²) in [6, 6.07) is 9.38. The molecule has 0 radical (unpaired) electrons.